The molecular formula is C10H17N5O3S. The van der Waals surface area contributed by atoms with E-state index in [-0.39, 0.29) is 18.0 Å². The van der Waals surface area contributed by atoms with Gasteiger partial charge in [0.05, 0.1) is 0 Å². The first kappa shape index (κ1) is 15.2. The van der Waals surface area contributed by atoms with Gasteiger partial charge in [-0.25, -0.2) is 22.9 Å². The molecule has 0 aliphatic rings. The van der Waals surface area contributed by atoms with Gasteiger partial charge in [0.2, 0.25) is 10.0 Å². The van der Waals surface area contributed by atoms with E-state index >= 15 is 0 Å². The van der Waals surface area contributed by atoms with Gasteiger partial charge in [-0.3, -0.25) is 0 Å². The minimum atomic E-state index is -3.68. The Morgan fingerprint density at radius 1 is 1.42 bits per heavy atom. The molecular weight excluding hydrogens is 270 g/mol. The van der Waals surface area contributed by atoms with Crippen molar-refractivity contribution in [1.29, 1.82) is 0 Å². The number of nitrogens with zero attached hydrogens (tertiary/aromatic N) is 1. The van der Waals surface area contributed by atoms with Crippen molar-refractivity contribution < 1.29 is 13.2 Å². The Kier molecular flexibility index (Phi) is 5.52. The minimum absolute atomic E-state index is 0.0474. The van der Waals surface area contributed by atoms with Crippen molar-refractivity contribution in [3.05, 3.63) is 18.3 Å². The summed E-state index contributed by atoms with van der Waals surface area (Å²) >= 11 is 0. The molecule has 0 fully saturated rings. The minimum Gasteiger partial charge on any atom is -0.369 e. The third-order valence-electron chi connectivity index (χ3n) is 2.12. The van der Waals surface area contributed by atoms with Gasteiger partial charge in [-0.1, -0.05) is 0 Å². The molecule has 0 aliphatic heterocycles. The Hall–Kier alpha value is -1.87. The number of hydrogen-bond acceptors (Lipinski definition) is 5. The average Bonchev–Trinajstić information content (AvgIpc) is 2.35. The number of amides is 2. The van der Waals surface area contributed by atoms with E-state index < -0.39 is 16.1 Å². The number of anilines is 1. The summed E-state index contributed by atoms with van der Waals surface area (Å²) in [5.74, 6) is 0.292. The van der Waals surface area contributed by atoms with Crippen LogP contribution in [0.2, 0.25) is 0 Å². The van der Waals surface area contributed by atoms with E-state index in [1.165, 1.54) is 18.3 Å². The topological polar surface area (TPSA) is 126 Å². The summed E-state index contributed by atoms with van der Waals surface area (Å²) in [6.07, 6.45) is 1.51. The quantitative estimate of drug-likeness (QED) is 0.501. The molecule has 19 heavy (non-hydrogen) atoms. The molecule has 8 nitrogen and oxygen atoms in total. The highest BCUT2D eigenvalue weighted by atomic mass is 32.2. The largest absolute Gasteiger partial charge is 0.369 e. The summed E-state index contributed by atoms with van der Waals surface area (Å²) < 4.78 is 26.4. The van der Waals surface area contributed by atoms with Crippen LogP contribution in [-0.4, -0.2) is 39.1 Å². The second-order valence-corrected chi connectivity index (χ2v) is 5.30. The lowest BCUT2D eigenvalue weighted by atomic mass is 10.4. The Morgan fingerprint density at radius 3 is 2.79 bits per heavy atom. The lowest BCUT2D eigenvalue weighted by Gasteiger charge is -2.11. The highest BCUT2D eigenvalue weighted by Gasteiger charge is 2.18. The Labute approximate surface area is 111 Å². The first-order valence-electron chi connectivity index (χ1n) is 5.69. The van der Waals surface area contributed by atoms with E-state index in [1.54, 1.807) is 0 Å². The van der Waals surface area contributed by atoms with Gasteiger partial charge in [0, 0.05) is 25.8 Å². The zero-order chi connectivity index (χ0) is 14.3. The summed E-state index contributed by atoms with van der Waals surface area (Å²) in [6, 6.07) is 2.29. The summed E-state index contributed by atoms with van der Waals surface area (Å²) in [6.45, 7) is 2.56. The molecule has 0 aliphatic carbocycles. The standard InChI is InChI=1S/C10H17N5O3S/c1-2-12-9-8(4-3-5-13-9)19(17,18)15-7-6-14-10(11)16/h3-5,15H,2,6-7H2,1H3,(H,12,13)(H3,11,14,16). The molecule has 106 valence electrons. The number of sulfonamides is 1. The van der Waals surface area contributed by atoms with Crippen molar-refractivity contribution in [3.8, 4) is 0 Å². The number of nitrogens with one attached hydrogen (secondary N) is 3. The van der Waals surface area contributed by atoms with Crippen LogP contribution in [0.5, 0.6) is 0 Å². The summed E-state index contributed by atoms with van der Waals surface area (Å²) in [4.78, 5) is 14.5. The number of nitrogens with two attached hydrogens (primary N) is 1. The molecule has 0 radical (unpaired) electrons. The second-order valence-electron chi connectivity index (χ2n) is 3.57. The predicted octanol–water partition coefficient (Wildman–Crippen LogP) is -0.540. The number of hydrogen-bond donors (Lipinski definition) is 4. The molecule has 0 bridgehead atoms. The van der Waals surface area contributed by atoms with Crippen molar-refractivity contribution >= 4 is 21.9 Å². The molecule has 1 aromatic heterocycles. The van der Waals surface area contributed by atoms with Crippen molar-refractivity contribution in [2.45, 2.75) is 11.8 Å². The summed E-state index contributed by atoms with van der Waals surface area (Å²) in [5, 5.41) is 5.16. The molecule has 0 saturated heterocycles. The van der Waals surface area contributed by atoms with Crippen LogP contribution < -0.4 is 21.1 Å². The Balaban J connectivity index is 2.74. The molecule has 0 unspecified atom stereocenters. The summed E-state index contributed by atoms with van der Waals surface area (Å²) in [5.41, 5.74) is 4.87. The molecule has 9 heteroatoms. The number of primary amides is 1. The van der Waals surface area contributed by atoms with Gasteiger partial charge in [-0.05, 0) is 19.1 Å². The van der Waals surface area contributed by atoms with Crippen LogP contribution in [0.25, 0.3) is 0 Å². The van der Waals surface area contributed by atoms with Gasteiger partial charge in [0.25, 0.3) is 0 Å². The molecule has 0 saturated carbocycles. The van der Waals surface area contributed by atoms with Crippen molar-refractivity contribution in [3.63, 3.8) is 0 Å². The molecule has 5 N–H and O–H groups in total. The van der Waals surface area contributed by atoms with Gasteiger partial charge in [-0.15, -0.1) is 0 Å². The zero-order valence-corrected chi connectivity index (χ0v) is 11.3. The highest BCUT2D eigenvalue weighted by molar-refractivity contribution is 7.89. The number of carbonyl (C=O) groups excluding carboxylic acids is 1. The van der Waals surface area contributed by atoms with Crippen LogP contribution in [-0.2, 0) is 10.0 Å². The van der Waals surface area contributed by atoms with Gasteiger partial charge in [0.1, 0.15) is 10.7 Å². The fourth-order valence-corrected chi connectivity index (χ4v) is 2.52. The molecule has 1 rings (SSSR count). The maximum absolute atomic E-state index is 12.0. The molecule has 1 aromatic rings. The zero-order valence-electron chi connectivity index (χ0n) is 10.5. The number of urea groups is 1. The Bertz CT molecular complexity index is 532. The molecule has 2 amide bonds. The van der Waals surface area contributed by atoms with Crippen LogP contribution in [0.4, 0.5) is 10.6 Å². The van der Waals surface area contributed by atoms with Crippen LogP contribution in [0.15, 0.2) is 23.2 Å². The van der Waals surface area contributed by atoms with E-state index in [0.717, 1.165) is 0 Å². The molecule has 0 aromatic carbocycles. The van der Waals surface area contributed by atoms with Crippen LogP contribution in [0, 0.1) is 0 Å². The van der Waals surface area contributed by atoms with E-state index in [4.69, 9.17) is 5.73 Å². The number of pyridine rings is 1. The summed E-state index contributed by atoms with van der Waals surface area (Å²) in [7, 11) is -3.68. The van der Waals surface area contributed by atoms with Crippen molar-refractivity contribution in [2.75, 3.05) is 25.0 Å². The molecule has 0 atom stereocenters. The van der Waals surface area contributed by atoms with Crippen molar-refractivity contribution in [2.24, 2.45) is 5.73 Å². The first-order chi connectivity index (χ1) is 8.97. The number of carbonyl (C=O) groups is 1. The smallest absolute Gasteiger partial charge is 0.312 e. The van der Waals surface area contributed by atoms with E-state index in [0.29, 0.717) is 12.4 Å². The Morgan fingerprint density at radius 2 is 2.16 bits per heavy atom. The van der Waals surface area contributed by atoms with Gasteiger partial charge in [-0.2, -0.15) is 0 Å². The van der Waals surface area contributed by atoms with E-state index in [2.05, 4.69) is 20.3 Å². The fraction of sp³-hybridized carbons (Fsp3) is 0.400. The van der Waals surface area contributed by atoms with Gasteiger partial charge in [0.15, 0.2) is 0 Å². The second kappa shape index (κ2) is 6.90. The average molecular weight is 287 g/mol. The maximum Gasteiger partial charge on any atom is 0.312 e. The highest BCUT2D eigenvalue weighted by Crippen LogP contribution is 2.17. The molecule has 0 spiro atoms. The van der Waals surface area contributed by atoms with Crippen LogP contribution >= 0.6 is 0 Å². The van der Waals surface area contributed by atoms with Crippen molar-refractivity contribution in [1.82, 2.24) is 15.0 Å². The SMILES string of the molecule is CCNc1ncccc1S(=O)(=O)NCCNC(N)=O. The molecule has 1 heterocycles. The third kappa shape index (κ3) is 4.72. The fourth-order valence-electron chi connectivity index (χ4n) is 1.36. The third-order valence-corrected chi connectivity index (χ3v) is 3.61. The number of rotatable bonds is 7. The lowest BCUT2D eigenvalue weighted by Crippen LogP contribution is -2.37. The van der Waals surface area contributed by atoms with Crippen LogP contribution in [0.1, 0.15) is 6.92 Å². The lowest BCUT2D eigenvalue weighted by molar-refractivity contribution is 0.249. The van der Waals surface area contributed by atoms with Gasteiger partial charge < -0.3 is 16.4 Å². The maximum atomic E-state index is 12.0. The normalized spacial score (nSPS) is 11.0. The van der Waals surface area contributed by atoms with E-state index in [9.17, 15) is 13.2 Å². The van der Waals surface area contributed by atoms with Gasteiger partial charge >= 0.3 is 6.03 Å². The van der Waals surface area contributed by atoms with Crippen LogP contribution in [0.3, 0.4) is 0 Å². The number of aromatic nitrogens is 1. The van der Waals surface area contributed by atoms with E-state index in [1.807, 2.05) is 6.92 Å². The predicted molar refractivity (Wildman–Crippen MR) is 71.2 cm³/mol. The monoisotopic (exact) mass is 287 g/mol. The first-order valence-corrected chi connectivity index (χ1v) is 7.17.